The van der Waals surface area contributed by atoms with Crippen molar-refractivity contribution < 1.29 is 32.3 Å². The van der Waals surface area contributed by atoms with Crippen LogP contribution in [0.2, 0.25) is 0 Å². The zero-order valence-electron chi connectivity index (χ0n) is 17.4. The Morgan fingerprint density at radius 3 is 2.06 bits per heavy atom. The number of benzene rings is 3. The molecule has 0 bridgehead atoms. The fraction of sp³-hybridized carbons (Fsp3) is 0.125. The van der Waals surface area contributed by atoms with Gasteiger partial charge in [-0.3, -0.25) is 14.4 Å². The lowest BCUT2D eigenvalue weighted by atomic mass is 10.1. The third kappa shape index (κ3) is 6.67. The summed E-state index contributed by atoms with van der Waals surface area (Å²) in [6.07, 6.45) is -4.51. The Bertz CT molecular complexity index is 1160. The Labute approximate surface area is 187 Å². The summed E-state index contributed by atoms with van der Waals surface area (Å²) in [5.41, 5.74) is 0.529. The molecular weight excluding hydrogens is 437 g/mol. The van der Waals surface area contributed by atoms with Crippen LogP contribution in [0, 0.1) is 0 Å². The number of halogens is 3. The first-order valence-electron chi connectivity index (χ1n) is 9.74. The van der Waals surface area contributed by atoms with E-state index in [-0.39, 0.29) is 17.4 Å². The van der Waals surface area contributed by atoms with E-state index in [1.165, 1.54) is 43.3 Å². The second kappa shape index (κ2) is 9.99. The quantitative estimate of drug-likeness (QED) is 0.480. The molecule has 0 aliphatic carbocycles. The SMILES string of the molecule is CC(=O)c1ccc(NC(=O)c2ccc(OCC(=O)Nc3cccc(C(F)(F)F)c3)cc2)cc1. The molecule has 33 heavy (non-hydrogen) atoms. The molecule has 0 radical (unpaired) electrons. The molecule has 0 saturated carbocycles. The molecule has 3 aromatic rings. The summed E-state index contributed by atoms with van der Waals surface area (Å²) in [4.78, 5) is 35.6. The zero-order chi connectivity index (χ0) is 24.0. The van der Waals surface area contributed by atoms with Gasteiger partial charge < -0.3 is 15.4 Å². The lowest BCUT2D eigenvalue weighted by Gasteiger charge is -2.11. The Morgan fingerprint density at radius 2 is 1.45 bits per heavy atom. The summed E-state index contributed by atoms with van der Waals surface area (Å²) in [5.74, 6) is -0.784. The maximum absolute atomic E-state index is 12.8. The number of carbonyl (C=O) groups excluding carboxylic acids is 3. The van der Waals surface area contributed by atoms with Crippen LogP contribution in [0.25, 0.3) is 0 Å². The van der Waals surface area contributed by atoms with Crippen molar-refractivity contribution in [3.05, 3.63) is 89.5 Å². The van der Waals surface area contributed by atoms with Crippen LogP contribution in [-0.4, -0.2) is 24.2 Å². The normalized spacial score (nSPS) is 10.9. The van der Waals surface area contributed by atoms with Crippen LogP contribution >= 0.6 is 0 Å². The zero-order valence-corrected chi connectivity index (χ0v) is 17.4. The molecule has 0 spiro atoms. The summed E-state index contributed by atoms with van der Waals surface area (Å²) in [5, 5.41) is 5.04. The van der Waals surface area contributed by atoms with Crippen molar-refractivity contribution in [2.24, 2.45) is 0 Å². The van der Waals surface area contributed by atoms with E-state index in [2.05, 4.69) is 10.6 Å². The first kappa shape index (κ1) is 23.5. The number of Topliss-reactive ketones (excluding diaryl/α,β-unsaturated/α-hetero) is 1. The van der Waals surface area contributed by atoms with Crippen LogP contribution in [0.3, 0.4) is 0 Å². The number of rotatable bonds is 7. The molecule has 2 N–H and O–H groups in total. The Kier molecular flexibility index (Phi) is 7.12. The lowest BCUT2D eigenvalue weighted by Crippen LogP contribution is -2.20. The van der Waals surface area contributed by atoms with Gasteiger partial charge in [0.1, 0.15) is 5.75 Å². The van der Waals surface area contributed by atoms with Gasteiger partial charge in [0.05, 0.1) is 5.56 Å². The monoisotopic (exact) mass is 456 g/mol. The van der Waals surface area contributed by atoms with Crippen molar-refractivity contribution in [1.29, 1.82) is 0 Å². The van der Waals surface area contributed by atoms with E-state index in [4.69, 9.17) is 4.74 Å². The largest absolute Gasteiger partial charge is 0.484 e. The van der Waals surface area contributed by atoms with Crippen LogP contribution in [-0.2, 0) is 11.0 Å². The first-order valence-corrected chi connectivity index (χ1v) is 9.74. The molecule has 0 aliphatic rings. The van der Waals surface area contributed by atoms with Gasteiger partial charge >= 0.3 is 6.18 Å². The smallest absolute Gasteiger partial charge is 0.416 e. The second-order valence-corrected chi connectivity index (χ2v) is 7.03. The van der Waals surface area contributed by atoms with Gasteiger partial charge in [-0.2, -0.15) is 13.2 Å². The minimum atomic E-state index is -4.51. The van der Waals surface area contributed by atoms with Gasteiger partial charge in [-0.1, -0.05) is 6.07 Å². The minimum Gasteiger partial charge on any atom is -0.484 e. The van der Waals surface area contributed by atoms with E-state index in [1.54, 1.807) is 24.3 Å². The number of ketones is 1. The summed E-state index contributed by atoms with van der Waals surface area (Å²) < 4.78 is 43.6. The summed E-state index contributed by atoms with van der Waals surface area (Å²) in [7, 11) is 0. The number of amides is 2. The molecule has 3 aromatic carbocycles. The number of hydrogen-bond acceptors (Lipinski definition) is 4. The van der Waals surface area contributed by atoms with Crippen molar-refractivity contribution in [2.75, 3.05) is 17.2 Å². The van der Waals surface area contributed by atoms with Crippen molar-refractivity contribution in [1.82, 2.24) is 0 Å². The maximum Gasteiger partial charge on any atom is 0.416 e. The lowest BCUT2D eigenvalue weighted by molar-refractivity contribution is -0.137. The Hall–Kier alpha value is -4.14. The molecule has 9 heteroatoms. The van der Waals surface area contributed by atoms with E-state index in [9.17, 15) is 27.6 Å². The fourth-order valence-electron chi connectivity index (χ4n) is 2.81. The first-order chi connectivity index (χ1) is 15.6. The highest BCUT2D eigenvalue weighted by Crippen LogP contribution is 2.30. The van der Waals surface area contributed by atoms with Gasteiger partial charge in [-0.05, 0) is 73.7 Å². The molecule has 2 amide bonds. The third-order valence-electron chi connectivity index (χ3n) is 4.51. The van der Waals surface area contributed by atoms with Crippen LogP contribution in [0.1, 0.15) is 33.2 Å². The van der Waals surface area contributed by atoms with Gasteiger partial charge in [0, 0.05) is 22.5 Å². The number of ether oxygens (including phenoxy) is 1. The van der Waals surface area contributed by atoms with E-state index >= 15 is 0 Å². The standard InChI is InChI=1S/C24H19F3N2O4/c1-15(30)16-5-9-19(10-6-16)29-23(32)17-7-11-21(12-8-17)33-14-22(31)28-20-4-2-3-18(13-20)24(25,26)27/h2-13H,14H2,1H3,(H,28,31)(H,29,32). The summed E-state index contributed by atoms with van der Waals surface area (Å²) in [6, 6.07) is 16.7. The topological polar surface area (TPSA) is 84.5 Å². The van der Waals surface area contributed by atoms with Crippen LogP contribution < -0.4 is 15.4 Å². The fourth-order valence-corrected chi connectivity index (χ4v) is 2.81. The molecule has 3 rings (SSSR count). The average Bonchev–Trinajstić information content (AvgIpc) is 2.78. The molecular formula is C24H19F3N2O4. The Balaban J connectivity index is 1.52. The van der Waals surface area contributed by atoms with Gasteiger partial charge in [0.2, 0.25) is 0 Å². The van der Waals surface area contributed by atoms with Crippen molar-refractivity contribution in [3.8, 4) is 5.75 Å². The van der Waals surface area contributed by atoms with Gasteiger partial charge in [0.25, 0.3) is 11.8 Å². The Morgan fingerprint density at radius 1 is 0.818 bits per heavy atom. The summed E-state index contributed by atoms with van der Waals surface area (Å²) >= 11 is 0. The van der Waals surface area contributed by atoms with Gasteiger partial charge in [-0.15, -0.1) is 0 Å². The van der Waals surface area contributed by atoms with Crippen LogP contribution in [0.5, 0.6) is 5.75 Å². The second-order valence-electron chi connectivity index (χ2n) is 7.03. The molecule has 0 saturated heterocycles. The predicted octanol–water partition coefficient (Wildman–Crippen LogP) is 5.18. The maximum atomic E-state index is 12.8. The highest BCUT2D eigenvalue weighted by molar-refractivity contribution is 6.04. The van der Waals surface area contributed by atoms with Crippen molar-refractivity contribution in [2.45, 2.75) is 13.1 Å². The van der Waals surface area contributed by atoms with E-state index in [0.29, 0.717) is 22.6 Å². The van der Waals surface area contributed by atoms with Gasteiger partial charge in [0.15, 0.2) is 12.4 Å². The highest BCUT2D eigenvalue weighted by atomic mass is 19.4. The number of carbonyl (C=O) groups is 3. The molecule has 0 heterocycles. The molecule has 0 fully saturated rings. The van der Waals surface area contributed by atoms with Gasteiger partial charge in [-0.25, -0.2) is 0 Å². The predicted molar refractivity (Wildman–Crippen MR) is 116 cm³/mol. The highest BCUT2D eigenvalue weighted by Gasteiger charge is 2.30. The van der Waals surface area contributed by atoms with Crippen molar-refractivity contribution in [3.63, 3.8) is 0 Å². The average molecular weight is 456 g/mol. The number of anilines is 2. The molecule has 0 aliphatic heterocycles. The number of nitrogens with one attached hydrogen (secondary N) is 2. The third-order valence-corrected chi connectivity index (χ3v) is 4.51. The molecule has 0 atom stereocenters. The van der Waals surface area contributed by atoms with Crippen molar-refractivity contribution >= 4 is 29.0 Å². The number of hydrogen-bond donors (Lipinski definition) is 2. The number of alkyl halides is 3. The van der Waals surface area contributed by atoms with Crippen LogP contribution in [0.15, 0.2) is 72.8 Å². The molecule has 0 unspecified atom stereocenters. The van der Waals surface area contributed by atoms with Crippen LogP contribution in [0.4, 0.5) is 24.5 Å². The molecule has 170 valence electrons. The van der Waals surface area contributed by atoms with E-state index in [1.807, 2.05) is 0 Å². The molecule has 6 nitrogen and oxygen atoms in total. The molecule has 0 aromatic heterocycles. The van der Waals surface area contributed by atoms with E-state index in [0.717, 1.165) is 12.1 Å². The van der Waals surface area contributed by atoms with E-state index < -0.39 is 24.3 Å². The minimum absolute atomic E-state index is 0.00165. The summed E-state index contributed by atoms with van der Waals surface area (Å²) in [6.45, 7) is 1.02.